The second-order valence-corrected chi connectivity index (χ2v) is 7.27. The minimum absolute atomic E-state index is 0.198. The molecule has 146 valence electrons. The second-order valence-electron chi connectivity index (χ2n) is 7.27. The Balaban J connectivity index is 1.41. The van der Waals surface area contributed by atoms with Crippen LogP contribution in [0.4, 0.5) is 0 Å². The lowest BCUT2D eigenvalue weighted by atomic mass is 10.1. The molecule has 0 amide bonds. The zero-order valence-corrected chi connectivity index (χ0v) is 16.0. The van der Waals surface area contributed by atoms with Crippen molar-refractivity contribution in [2.75, 3.05) is 53.6 Å². The Morgan fingerprint density at radius 1 is 1.19 bits per heavy atom. The number of likely N-dealkylation sites (N-methyl/N-ethyl adjacent to an activating group) is 1. The summed E-state index contributed by atoms with van der Waals surface area (Å²) in [6, 6.07) is 8.47. The summed E-state index contributed by atoms with van der Waals surface area (Å²) in [7, 11) is 3.76. The first-order chi connectivity index (χ1) is 12.7. The van der Waals surface area contributed by atoms with Gasteiger partial charge in [-0.15, -0.1) is 0 Å². The number of β-amino-alcohol motifs (C(OH)–C–C–N with tert-alkyl or cyclic N) is 1. The number of nitrogens with zero attached hydrogens (tertiary/aromatic N) is 2. The van der Waals surface area contributed by atoms with E-state index in [1.54, 1.807) is 7.11 Å². The molecular weight excluding hydrogens is 332 g/mol. The Kier molecular flexibility index (Phi) is 7.14. The number of likely N-dealkylation sites (tertiary alicyclic amines) is 1. The monoisotopic (exact) mass is 364 g/mol. The number of rotatable bonds is 8. The van der Waals surface area contributed by atoms with Crippen LogP contribution in [0, 0.1) is 0 Å². The maximum Gasteiger partial charge on any atom is 0.161 e. The quantitative estimate of drug-likeness (QED) is 0.708. The maximum absolute atomic E-state index is 10.5. The SMILES string of the molecule is COc1ccccc1OCCCN(C)[C@H]1CN(C2CCOCC2)C[C@@H]1O. The predicted molar refractivity (Wildman–Crippen MR) is 101 cm³/mol. The van der Waals surface area contributed by atoms with E-state index >= 15 is 0 Å². The molecule has 3 rings (SSSR count). The van der Waals surface area contributed by atoms with Gasteiger partial charge in [0, 0.05) is 44.9 Å². The van der Waals surface area contributed by atoms with Crippen molar-refractivity contribution in [3.8, 4) is 11.5 Å². The van der Waals surface area contributed by atoms with E-state index in [1.807, 2.05) is 24.3 Å². The first kappa shape index (κ1) is 19.4. The Hall–Kier alpha value is -1.34. The van der Waals surface area contributed by atoms with E-state index in [0.717, 1.165) is 63.6 Å². The molecule has 0 saturated carbocycles. The Morgan fingerprint density at radius 3 is 2.65 bits per heavy atom. The van der Waals surface area contributed by atoms with Gasteiger partial charge < -0.3 is 19.3 Å². The predicted octanol–water partition coefficient (Wildman–Crippen LogP) is 1.62. The van der Waals surface area contributed by atoms with E-state index in [2.05, 4.69) is 16.8 Å². The number of aliphatic hydroxyl groups is 1. The van der Waals surface area contributed by atoms with Gasteiger partial charge in [0.25, 0.3) is 0 Å². The highest BCUT2D eigenvalue weighted by atomic mass is 16.5. The van der Waals surface area contributed by atoms with Crippen molar-refractivity contribution < 1.29 is 19.3 Å². The summed E-state index contributed by atoms with van der Waals surface area (Å²) in [5, 5.41) is 10.5. The highest BCUT2D eigenvalue weighted by Gasteiger charge is 2.37. The van der Waals surface area contributed by atoms with Gasteiger partial charge in [0.05, 0.1) is 19.8 Å². The first-order valence-electron chi connectivity index (χ1n) is 9.65. The lowest BCUT2D eigenvalue weighted by Crippen LogP contribution is -2.42. The molecule has 26 heavy (non-hydrogen) atoms. The summed E-state index contributed by atoms with van der Waals surface area (Å²) in [4.78, 5) is 4.72. The smallest absolute Gasteiger partial charge is 0.161 e. The molecule has 0 radical (unpaired) electrons. The number of para-hydroxylation sites is 2. The third kappa shape index (κ3) is 4.88. The van der Waals surface area contributed by atoms with Crippen molar-refractivity contribution in [1.82, 2.24) is 9.80 Å². The second kappa shape index (κ2) is 9.55. The number of hydrogen-bond acceptors (Lipinski definition) is 6. The molecular formula is C20H32N2O4. The van der Waals surface area contributed by atoms with Crippen LogP contribution in [0.1, 0.15) is 19.3 Å². The third-order valence-corrected chi connectivity index (χ3v) is 5.54. The third-order valence-electron chi connectivity index (χ3n) is 5.54. The molecule has 0 spiro atoms. The first-order valence-corrected chi connectivity index (χ1v) is 9.65. The van der Waals surface area contributed by atoms with E-state index in [-0.39, 0.29) is 12.1 Å². The van der Waals surface area contributed by atoms with E-state index in [4.69, 9.17) is 14.2 Å². The van der Waals surface area contributed by atoms with Gasteiger partial charge in [-0.2, -0.15) is 0 Å². The summed E-state index contributed by atoms with van der Waals surface area (Å²) in [5.41, 5.74) is 0. The number of methoxy groups -OCH3 is 1. The minimum Gasteiger partial charge on any atom is -0.493 e. The molecule has 0 aromatic heterocycles. The molecule has 2 aliphatic heterocycles. The molecule has 2 heterocycles. The van der Waals surface area contributed by atoms with E-state index in [9.17, 15) is 5.11 Å². The Morgan fingerprint density at radius 2 is 1.92 bits per heavy atom. The highest BCUT2D eigenvalue weighted by molar-refractivity contribution is 5.39. The van der Waals surface area contributed by atoms with Crippen LogP contribution in [-0.2, 0) is 4.74 Å². The molecule has 6 nitrogen and oxygen atoms in total. The van der Waals surface area contributed by atoms with Crippen molar-refractivity contribution in [3.63, 3.8) is 0 Å². The molecule has 1 N–H and O–H groups in total. The van der Waals surface area contributed by atoms with Crippen molar-refractivity contribution in [3.05, 3.63) is 24.3 Å². The van der Waals surface area contributed by atoms with Gasteiger partial charge >= 0.3 is 0 Å². The summed E-state index contributed by atoms with van der Waals surface area (Å²) in [6.45, 7) is 4.94. The lowest BCUT2D eigenvalue weighted by Gasteiger charge is -2.31. The van der Waals surface area contributed by atoms with Crippen LogP contribution in [0.15, 0.2) is 24.3 Å². The van der Waals surface area contributed by atoms with Crippen molar-refractivity contribution in [2.24, 2.45) is 0 Å². The van der Waals surface area contributed by atoms with Gasteiger partial charge in [-0.3, -0.25) is 9.80 Å². The number of benzene rings is 1. The summed E-state index contributed by atoms with van der Waals surface area (Å²) in [6.07, 6.45) is 2.79. The molecule has 1 aromatic rings. The fourth-order valence-corrected chi connectivity index (χ4v) is 3.98. The van der Waals surface area contributed by atoms with E-state index in [1.165, 1.54) is 0 Å². The molecule has 2 fully saturated rings. The minimum atomic E-state index is -0.280. The van der Waals surface area contributed by atoms with Crippen LogP contribution in [-0.4, -0.2) is 86.7 Å². The van der Waals surface area contributed by atoms with Gasteiger partial charge in [-0.25, -0.2) is 0 Å². The van der Waals surface area contributed by atoms with Crippen LogP contribution >= 0.6 is 0 Å². The van der Waals surface area contributed by atoms with Gasteiger partial charge in [-0.05, 0) is 38.4 Å². The van der Waals surface area contributed by atoms with E-state index in [0.29, 0.717) is 12.6 Å². The van der Waals surface area contributed by atoms with Crippen molar-refractivity contribution in [1.29, 1.82) is 0 Å². The largest absolute Gasteiger partial charge is 0.493 e. The fraction of sp³-hybridized carbons (Fsp3) is 0.700. The molecule has 2 saturated heterocycles. The lowest BCUT2D eigenvalue weighted by molar-refractivity contribution is 0.0376. The Labute approximate surface area is 156 Å². The maximum atomic E-state index is 10.5. The molecule has 6 heteroatoms. The van der Waals surface area contributed by atoms with Crippen LogP contribution in [0.5, 0.6) is 11.5 Å². The topological polar surface area (TPSA) is 54.4 Å². The van der Waals surface area contributed by atoms with Crippen molar-refractivity contribution in [2.45, 2.75) is 37.5 Å². The summed E-state index contributed by atoms with van der Waals surface area (Å²) < 4.78 is 16.6. The number of aliphatic hydroxyl groups excluding tert-OH is 1. The molecule has 0 aliphatic carbocycles. The Bertz CT molecular complexity index is 550. The zero-order chi connectivity index (χ0) is 18.4. The van der Waals surface area contributed by atoms with Crippen LogP contribution in [0.25, 0.3) is 0 Å². The fourth-order valence-electron chi connectivity index (χ4n) is 3.98. The number of hydrogen-bond donors (Lipinski definition) is 1. The molecule has 2 aliphatic rings. The normalized spacial score (nSPS) is 24.9. The van der Waals surface area contributed by atoms with Gasteiger partial charge in [0.2, 0.25) is 0 Å². The zero-order valence-electron chi connectivity index (χ0n) is 16.0. The van der Waals surface area contributed by atoms with Gasteiger partial charge in [-0.1, -0.05) is 12.1 Å². The van der Waals surface area contributed by atoms with Crippen molar-refractivity contribution >= 4 is 0 Å². The summed E-state index contributed by atoms with van der Waals surface area (Å²) in [5.74, 6) is 1.54. The molecule has 0 unspecified atom stereocenters. The van der Waals surface area contributed by atoms with Crippen LogP contribution in [0.2, 0.25) is 0 Å². The average Bonchev–Trinajstić information content (AvgIpc) is 3.08. The molecule has 0 bridgehead atoms. The summed E-state index contributed by atoms with van der Waals surface area (Å²) >= 11 is 0. The van der Waals surface area contributed by atoms with E-state index < -0.39 is 0 Å². The highest BCUT2D eigenvalue weighted by Crippen LogP contribution is 2.26. The molecule has 2 atom stereocenters. The molecule has 1 aromatic carbocycles. The van der Waals surface area contributed by atoms with Crippen LogP contribution in [0.3, 0.4) is 0 Å². The van der Waals surface area contributed by atoms with Crippen LogP contribution < -0.4 is 9.47 Å². The van der Waals surface area contributed by atoms with Gasteiger partial charge in [0.15, 0.2) is 11.5 Å². The van der Waals surface area contributed by atoms with Gasteiger partial charge in [0.1, 0.15) is 0 Å². The number of ether oxygens (including phenoxy) is 3. The standard InChI is InChI=1S/C20H32N2O4/c1-21(10-5-11-26-20-7-4-3-6-19(20)24-2)17-14-22(15-18(17)23)16-8-12-25-13-9-16/h3-4,6-7,16-18,23H,5,8-15H2,1-2H3/t17-,18-/m0/s1. The average molecular weight is 364 g/mol.